The third kappa shape index (κ3) is 4.48. The molecular weight excluding hydrogens is 381 g/mol. The average Bonchev–Trinajstić information content (AvgIpc) is 3.02. The zero-order valence-corrected chi connectivity index (χ0v) is 15.5. The number of carbonyl (C=O) groups is 1. The number of hydrogen-bond acceptors (Lipinski definition) is 5. The van der Waals surface area contributed by atoms with Crippen molar-refractivity contribution in [1.82, 2.24) is 8.75 Å². The standard InChI is InChI=1S/C17H13Cl2N3O2S/c1-10-16(22-25-21-10)9-24-13-5-2-11(3-6-13)17(23)20-15-8-12(18)4-7-14(15)19/h2-8H,9H2,1H3,(H,20,23). The zero-order valence-electron chi connectivity index (χ0n) is 13.1. The maximum atomic E-state index is 12.3. The minimum atomic E-state index is -0.282. The van der Waals surface area contributed by atoms with Crippen LogP contribution in [0.1, 0.15) is 21.7 Å². The van der Waals surface area contributed by atoms with Gasteiger partial charge in [0, 0.05) is 10.6 Å². The Morgan fingerprint density at radius 3 is 2.60 bits per heavy atom. The van der Waals surface area contributed by atoms with Gasteiger partial charge in [0.25, 0.3) is 5.91 Å². The van der Waals surface area contributed by atoms with Gasteiger partial charge in [0.15, 0.2) is 0 Å². The molecule has 0 bridgehead atoms. The number of ether oxygens (including phenoxy) is 1. The quantitative estimate of drug-likeness (QED) is 0.663. The van der Waals surface area contributed by atoms with Gasteiger partial charge in [-0.25, -0.2) is 0 Å². The lowest BCUT2D eigenvalue weighted by Gasteiger charge is -2.09. The van der Waals surface area contributed by atoms with E-state index in [-0.39, 0.29) is 5.91 Å². The van der Waals surface area contributed by atoms with Crippen LogP contribution < -0.4 is 10.1 Å². The Hall–Kier alpha value is -2.15. The molecule has 0 atom stereocenters. The summed E-state index contributed by atoms with van der Waals surface area (Å²) in [6.45, 7) is 2.22. The Kier molecular flexibility index (Phi) is 5.53. The molecule has 0 radical (unpaired) electrons. The smallest absolute Gasteiger partial charge is 0.255 e. The zero-order chi connectivity index (χ0) is 17.8. The van der Waals surface area contributed by atoms with E-state index < -0.39 is 0 Å². The normalized spacial score (nSPS) is 10.5. The summed E-state index contributed by atoms with van der Waals surface area (Å²) in [6.07, 6.45) is 0. The molecule has 1 aromatic heterocycles. The van der Waals surface area contributed by atoms with Gasteiger partial charge in [-0.1, -0.05) is 23.2 Å². The number of benzene rings is 2. The third-order valence-corrected chi connectivity index (χ3v) is 4.64. The molecule has 0 aliphatic rings. The Bertz CT molecular complexity index is 897. The van der Waals surface area contributed by atoms with Gasteiger partial charge in [-0.3, -0.25) is 4.79 Å². The van der Waals surface area contributed by atoms with E-state index in [2.05, 4.69) is 14.1 Å². The molecule has 0 fully saturated rings. The van der Waals surface area contributed by atoms with Gasteiger partial charge in [0.1, 0.15) is 18.1 Å². The number of nitrogens with one attached hydrogen (secondary N) is 1. The van der Waals surface area contributed by atoms with Crippen molar-refractivity contribution < 1.29 is 9.53 Å². The summed E-state index contributed by atoms with van der Waals surface area (Å²) < 4.78 is 13.9. The number of nitrogens with zero attached hydrogens (tertiary/aromatic N) is 2. The van der Waals surface area contributed by atoms with Gasteiger partial charge >= 0.3 is 0 Å². The van der Waals surface area contributed by atoms with E-state index in [9.17, 15) is 4.79 Å². The second-order valence-electron chi connectivity index (χ2n) is 5.19. The molecule has 0 unspecified atom stereocenters. The number of rotatable bonds is 5. The first kappa shape index (κ1) is 17.7. The van der Waals surface area contributed by atoms with Crippen LogP contribution in [-0.4, -0.2) is 14.7 Å². The fourth-order valence-corrected chi connectivity index (χ4v) is 2.91. The van der Waals surface area contributed by atoms with Crippen LogP contribution in [0.5, 0.6) is 5.75 Å². The molecule has 0 saturated carbocycles. The summed E-state index contributed by atoms with van der Waals surface area (Å²) in [5, 5.41) is 3.65. The first-order chi connectivity index (χ1) is 12.0. The number of aromatic nitrogens is 2. The van der Waals surface area contributed by atoms with E-state index >= 15 is 0 Å². The molecule has 128 valence electrons. The Labute approximate surface area is 158 Å². The van der Waals surface area contributed by atoms with Crippen LogP contribution >= 0.6 is 34.9 Å². The lowest BCUT2D eigenvalue weighted by Crippen LogP contribution is -2.12. The first-order valence-corrected chi connectivity index (χ1v) is 8.79. The molecule has 2 aromatic carbocycles. The lowest BCUT2D eigenvalue weighted by molar-refractivity contribution is 0.102. The molecular formula is C17H13Cl2N3O2S. The van der Waals surface area contributed by atoms with E-state index in [1.54, 1.807) is 42.5 Å². The monoisotopic (exact) mass is 393 g/mol. The van der Waals surface area contributed by atoms with Gasteiger partial charge in [-0.2, -0.15) is 8.75 Å². The molecule has 25 heavy (non-hydrogen) atoms. The summed E-state index contributed by atoms with van der Waals surface area (Å²) >= 11 is 13.1. The van der Waals surface area contributed by atoms with Crippen molar-refractivity contribution in [3.63, 3.8) is 0 Å². The minimum absolute atomic E-state index is 0.282. The number of carbonyl (C=O) groups excluding carboxylic acids is 1. The summed E-state index contributed by atoms with van der Waals surface area (Å²) in [4.78, 5) is 12.3. The number of halogens is 2. The molecule has 1 amide bonds. The molecule has 5 nitrogen and oxygen atoms in total. The predicted molar refractivity (Wildman–Crippen MR) is 99.8 cm³/mol. The highest BCUT2D eigenvalue weighted by molar-refractivity contribution is 6.99. The SMILES string of the molecule is Cc1nsnc1COc1ccc(C(=O)Nc2cc(Cl)ccc2Cl)cc1. The Morgan fingerprint density at radius 2 is 1.92 bits per heavy atom. The molecule has 1 heterocycles. The Balaban J connectivity index is 1.64. The summed E-state index contributed by atoms with van der Waals surface area (Å²) in [6, 6.07) is 11.7. The van der Waals surface area contributed by atoms with Crippen LogP contribution in [0, 0.1) is 6.92 Å². The van der Waals surface area contributed by atoms with Crippen molar-refractivity contribution >= 4 is 46.5 Å². The summed E-state index contributed by atoms with van der Waals surface area (Å²) in [5.41, 5.74) is 2.61. The van der Waals surface area contributed by atoms with E-state index in [1.165, 1.54) is 0 Å². The van der Waals surface area contributed by atoms with E-state index in [0.29, 0.717) is 33.7 Å². The predicted octanol–water partition coefficient (Wildman–Crippen LogP) is 4.98. The van der Waals surface area contributed by atoms with Crippen LogP contribution in [0.25, 0.3) is 0 Å². The van der Waals surface area contributed by atoms with Crippen molar-refractivity contribution in [3.8, 4) is 5.75 Å². The highest BCUT2D eigenvalue weighted by Crippen LogP contribution is 2.26. The second-order valence-corrected chi connectivity index (χ2v) is 6.56. The van der Waals surface area contributed by atoms with Crippen LogP contribution in [0.4, 0.5) is 5.69 Å². The summed E-state index contributed by atoms with van der Waals surface area (Å²) in [5.74, 6) is 0.361. The number of anilines is 1. The Morgan fingerprint density at radius 1 is 1.16 bits per heavy atom. The minimum Gasteiger partial charge on any atom is -0.487 e. The molecule has 0 saturated heterocycles. The molecule has 3 aromatic rings. The summed E-state index contributed by atoms with van der Waals surface area (Å²) in [7, 11) is 0. The van der Waals surface area contributed by atoms with Crippen molar-refractivity contribution in [2.45, 2.75) is 13.5 Å². The van der Waals surface area contributed by atoms with Crippen molar-refractivity contribution in [3.05, 3.63) is 69.5 Å². The van der Waals surface area contributed by atoms with E-state index in [4.69, 9.17) is 27.9 Å². The van der Waals surface area contributed by atoms with Crippen molar-refractivity contribution in [1.29, 1.82) is 0 Å². The van der Waals surface area contributed by atoms with Gasteiger partial charge < -0.3 is 10.1 Å². The third-order valence-electron chi connectivity index (χ3n) is 3.42. The molecule has 8 heteroatoms. The lowest BCUT2D eigenvalue weighted by atomic mass is 10.2. The average molecular weight is 394 g/mol. The largest absolute Gasteiger partial charge is 0.487 e. The fraction of sp³-hybridized carbons (Fsp3) is 0.118. The molecule has 0 aliphatic heterocycles. The molecule has 1 N–H and O–H groups in total. The maximum Gasteiger partial charge on any atom is 0.255 e. The fourth-order valence-electron chi connectivity index (χ4n) is 2.02. The van der Waals surface area contributed by atoms with Gasteiger partial charge in [-0.15, -0.1) is 0 Å². The van der Waals surface area contributed by atoms with Crippen LogP contribution in [-0.2, 0) is 6.61 Å². The van der Waals surface area contributed by atoms with Crippen LogP contribution in [0.2, 0.25) is 10.0 Å². The van der Waals surface area contributed by atoms with Gasteiger partial charge in [-0.05, 0) is 49.4 Å². The molecule has 0 spiro atoms. The van der Waals surface area contributed by atoms with E-state index in [1.807, 2.05) is 6.92 Å². The van der Waals surface area contributed by atoms with Crippen LogP contribution in [0.15, 0.2) is 42.5 Å². The van der Waals surface area contributed by atoms with Crippen LogP contribution in [0.3, 0.4) is 0 Å². The number of hydrogen-bond donors (Lipinski definition) is 1. The maximum absolute atomic E-state index is 12.3. The molecule has 3 rings (SSSR count). The van der Waals surface area contributed by atoms with Gasteiger partial charge in [0.05, 0.1) is 28.1 Å². The first-order valence-electron chi connectivity index (χ1n) is 7.30. The number of amides is 1. The van der Waals surface area contributed by atoms with E-state index in [0.717, 1.165) is 23.1 Å². The van der Waals surface area contributed by atoms with Crippen molar-refractivity contribution in [2.75, 3.05) is 5.32 Å². The number of aryl methyl sites for hydroxylation is 1. The van der Waals surface area contributed by atoms with Gasteiger partial charge in [0.2, 0.25) is 0 Å². The topological polar surface area (TPSA) is 64.1 Å². The second kappa shape index (κ2) is 7.82. The highest BCUT2D eigenvalue weighted by atomic mass is 35.5. The molecule has 0 aliphatic carbocycles. The highest BCUT2D eigenvalue weighted by Gasteiger charge is 2.10. The van der Waals surface area contributed by atoms with Crippen molar-refractivity contribution in [2.24, 2.45) is 0 Å².